The number of carbonyl (C=O) groups excluding carboxylic acids is 2. The number of aromatic amines is 1. The molecule has 0 spiro atoms. The maximum atomic E-state index is 14.1. The van der Waals surface area contributed by atoms with Gasteiger partial charge in [-0.1, -0.05) is 47.5 Å². The van der Waals surface area contributed by atoms with Crippen LogP contribution in [-0.2, 0) is 4.79 Å². The number of hydrogen-bond acceptors (Lipinski definition) is 5. The van der Waals surface area contributed by atoms with E-state index in [1.54, 1.807) is 36.4 Å². The van der Waals surface area contributed by atoms with Gasteiger partial charge < -0.3 is 19.2 Å². The van der Waals surface area contributed by atoms with Crippen LogP contribution in [0.15, 0.2) is 82.5 Å². The molecular formula is C29H20Cl2N2O5. The zero-order valence-corrected chi connectivity index (χ0v) is 21.7. The van der Waals surface area contributed by atoms with Gasteiger partial charge in [0, 0.05) is 49.3 Å². The number of halogens is 2. The molecule has 0 fully saturated rings. The molecule has 3 aromatic carbocycles. The number of nitrogens with zero attached hydrogens (tertiary/aromatic N) is 1. The number of amides is 1. The molecule has 2 N–H and O–H groups in total. The number of aliphatic hydroxyl groups excluding tert-OH is 1. The highest BCUT2D eigenvalue weighted by Gasteiger charge is 2.47. The molecule has 6 rings (SSSR count). The first-order valence-corrected chi connectivity index (χ1v) is 12.4. The van der Waals surface area contributed by atoms with E-state index in [4.69, 9.17) is 32.4 Å². The number of anilines is 1. The molecule has 9 heteroatoms. The van der Waals surface area contributed by atoms with E-state index in [1.165, 1.54) is 18.1 Å². The van der Waals surface area contributed by atoms with Gasteiger partial charge in [-0.3, -0.25) is 14.5 Å². The number of furan rings is 1. The summed E-state index contributed by atoms with van der Waals surface area (Å²) in [6, 6.07) is 18.1. The van der Waals surface area contributed by atoms with E-state index in [9.17, 15) is 14.7 Å². The number of fused-ring (bicyclic) bond motifs is 2. The topological polar surface area (TPSA) is 95.8 Å². The van der Waals surface area contributed by atoms with Crippen LogP contribution < -0.4 is 9.64 Å². The molecule has 0 aliphatic carbocycles. The standard InChI is InChI=1S/C29H20Cl2N2O5/c1-14-23(19-8-3-4-9-20(19)32-14)25-24(27(35)29(36)33(25)18-7-5-6-16(30)12-18)26(34)21-11-15-10-17(31)13-22(37-2)28(15)38-21/h3-13,25,32,35H,1-2H3. The SMILES string of the molecule is COc1cc(Cl)cc2cc(C(=O)C3=C(O)C(=O)N(c4cccc(Cl)c4)C3c3c(C)[nH]c4ccccc34)oc12. The number of ether oxygens (including phenoxy) is 1. The van der Waals surface area contributed by atoms with Crippen LogP contribution in [0.2, 0.25) is 10.0 Å². The molecule has 1 amide bonds. The Bertz CT molecular complexity index is 1820. The minimum atomic E-state index is -0.955. The summed E-state index contributed by atoms with van der Waals surface area (Å²) in [7, 11) is 1.47. The van der Waals surface area contributed by atoms with Crippen molar-refractivity contribution in [3.63, 3.8) is 0 Å². The van der Waals surface area contributed by atoms with Gasteiger partial charge in [0.1, 0.15) is 0 Å². The lowest BCUT2D eigenvalue weighted by Gasteiger charge is -2.27. The lowest BCUT2D eigenvalue weighted by molar-refractivity contribution is -0.117. The molecule has 5 aromatic rings. The van der Waals surface area contributed by atoms with E-state index in [0.29, 0.717) is 38.0 Å². The Morgan fingerprint density at radius 3 is 2.61 bits per heavy atom. The second-order valence-corrected chi connectivity index (χ2v) is 9.87. The summed E-state index contributed by atoms with van der Waals surface area (Å²) < 4.78 is 11.3. The zero-order valence-electron chi connectivity index (χ0n) is 20.2. The molecular weight excluding hydrogens is 527 g/mol. The minimum absolute atomic E-state index is 0.0645. The third kappa shape index (κ3) is 3.66. The van der Waals surface area contributed by atoms with E-state index < -0.39 is 23.5 Å². The highest BCUT2D eigenvalue weighted by molar-refractivity contribution is 6.32. The predicted molar refractivity (Wildman–Crippen MR) is 146 cm³/mol. The van der Waals surface area contributed by atoms with Crippen molar-refractivity contribution in [1.82, 2.24) is 4.98 Å². The van der Waals surface area contributed by atoms with Crippen molar-refractivity contribution < 1.29 is 23.8 Å². The molecule has 1 aliphatic heterocycles. The smallest absolute Gasteiger partial charge is 0.294 e. The van der Waals surface area contributed by atoms with Crippen molar-refractivity contribution in [2.24, 2.45) is 0 Å². The van der Waals surface area contributed by atoms with Crippen LogP contribution in [0.1, 0.15) is 27.9 Å². The van der Waals surface area contributed by atoms with Crippen LogP contribution in [0.3, 0.4) is 0 Å². The van der Waals surface area contributed by atoms with Crippen LogP contribution in [0.25, 0.3) is 21.9 Å². The number of aromatic nitrogens is 1. The number of nitrogens with one attached hydrogen (secondary N) is 1. The number of hydrogen-bond donors (Lipinski definition) is 2. The van der Waals surface area contributed by atoms with Gasteiger partial charge in [-0.05, 0) is 43.3 Å². The summed E-state index contributed by atoms with van der Waals surface area (Å²) in [5.41, 5.74) is 2.92. The number of Topliss-reactive ketones (excluding diaryl/α,β-unsaturated/α-hetero) is 1. The lowest BCUT2D eigenvalue weighted by Crippen LogP contribution is -2.31. The molecule has 1 unspecified atom stereocenters. The molecule has 0 bridgehead atoms. The van der Waals surface area contributed by atoms with Crippen molar-refractivity contribution in [3.8, 4) is 5.75 Å². The van der Waals surface area contributed by atoms with Crippen molar-refractivity contribution in [1.29, 1.82) is 0 Å². The highest BCUT2D eigenvalue weighted by Crippen LogP contribution is 2.46. The summed E-state index contributed by atoms with van der Waals surface area (Å²) >= 11 is 12.5. The van der Waals surface area contributed by atoms with Gasteiger partial charge in [0.25, 0.3) is 5.91 Å². The predicted octanol–water partition coefficient (Wildman–Crippen LogP) is 7.32. The number of aliphatic hydroxyl groups is 1. The fourth-order valence-corrected chi connectivity index (χ4v) is 5.54. The van der Waals surface area contributed by atoms with Crippen LogP contribution in [-0.4, -0.2) is 28.9 Å². The average Bonchev–Trinajstić information content (AvgIpc) is 3.54. The zero-order chi connectivity index (χ0) is 26.7. The van der Waals surface area contributed by atoms with Crippen molar-refractivity contribution in [2.45, 2.75) is 13.0 Å². The van der Waals surface area contributed by atoms with E-state index in [0.717, 1.165) is 16.6 Å². The Balaban J connectivity index is 1.58. The van der Waals surface area contributed by atoms with E-state index in [-0.39, 0.29) is 11.3 Å². The number of aryl methyl sites for hydroxylation is 1. The monoisotopic (exact) mass is 546 g/mol. The Morgan fingerprint density at radius 2 is 1.84 bits per heavy atom. The fraction of sp³-hybridized carbons (Fsp3) is 0.103. The van der Waals surface area contributed by atoms with Gasteiger partial charge in [-0.15, -0.1) is 0 Å². The highest BCUT2D eigenvalue weighted by atomic mass is 35.5. The summed E-state index contributed by atoms with van der Waals surface area (Å²) in [6.07, 6.45) is 0. The molecule has 7 nitrogen and oxygen atoms in total. The Kier molecular flexibility index (Phi) is 5.70. The first-order chi connectivity index (χ1) is 18.3. The molecule has 38 heavy (non-hydrogen) atoms. The summed E-state index contributed by atoms with van der Waals surface area (Å²) in [6.45, 7) is 1.86. The molecule has 3 heterocycles. The largest absolute Gasteiger partial charge is 0.503 e. The van der Waals surface area contributed by atoms with E-state index in [2.05, 4.69) is 4.98 Å². The van der Waals surface area contributed by atoms with Gasteiger partial charge in [0.15, 0.2) is 22.9 Å². The molecule has 190 valence electrons. The number of rotatable bonds is 5. The van der Waals surface area contributed by atoms with Crippen LogP contribution in [0.5, 0.6) is 5.75 Å². The van der Waals surface area contributed by atoms with Gasteiger partial charge in [0.05, 0.1) is 18.7 Å². The quantitative estimate of drug-likeness (QED) is 0.225. The fourth-order valence-electron chi connectivity index (χ4n) is 5.14. The number of para-hydroxylation sites is 1. The Hall–Kier alpha value is -4.20. The molecule has 0 saturated heterocycles. The Morgan fingerprint density at radius 1 is 1.05 bits per heavy atom. The molecule has 1 atom stereocenters. The third-order valence-corrected chi connectivity index (χ3v) is 7.20. The normalized spacial score (nSPS) is 15.7. The first kappa shape index (κ1) is 24.2. The second-order valence-electron chi connectivity index (χ2n) is 9.00. The number of carbonyl (C=O) groups is 2. The summed E-state index contributed by atoms with van der Waals surface area (Å²) in [4.78, 5) is 32.3. The van der Waals surface area contributed by atoms with Crippen LogP contribution in [0, 0.1) is 6.92 Å². The number of methoxy groups -OCH3 is 1. The minimum Gasteiger partial charge on any atom is -0.503 e. The number of benzene rings is 3. The lowest BCUT2D eigenvalue weighted by atomic mass is 9.92. The molecule has 0 saturated carbocycles. The third-order valence-electron chi connectivity index (χ3n) is 6.75. The second kappa shape index (κ2) is 8.97. The number of H-pyrrole nitrogens is 1. The molecule has 1 aliphatic rings. The molecule has 2 aromatic heterocycles. The molecule has 0 radical (unpaired) electrons. The van der Waals surface area contributed by atoms with Gasteiger partial charge in [0.2, 0.25) is 5.78 Å². The Labute approximate surface area is 226 Å². The van der Waals surface area contributed by atoms with E-state index in [1.807, 2.05) is 31.2 Å². The number of ketones is 1. The van der Waals surface area contributed by atoms with Crippen molar-refractivity contribution in [2.75, 3.05) is 12.0 Å². The van der Waals surface area contributed by atoms with Gasteiger partial charge in [-0.2, -0.15) is 0 Å². The first-order valence-electron chi connectivity index (χ1n) is 11.7. The van der Waals surface area contributed by atoms with E-state index >= 15 is 0 Å². The van der Waals surface area contributed by atoms with Gasteiger partial charge in [-0.25, -0.2) is 0 Å². The van der Waals surface area contributed by atoms with Crippen molar-refractivity contribution >= 4 is 62.5 Å². The van der Waals surface area contributed by atoms with Crippen molar-refractivity contribution in [3.05, 3.63) is 105 Å². The summed E-state index contributed by atoms with van der Waals surface area (Å²) in [5.74, 6) is -1.72. The maximum Gasteiger partial charge on any atom is 0.294 e. The van der Waals surface area contributed by atoms with Crippen LogP contribution >= 0.6 is 23.2 Å². The summed E-state index contributed by atoms with van der Waals surface area (Å²) in [5, 5.41) is 13.4. The van der Waals surface area contributed by atoms with Gasteiger partial charge >= 0.3 is 0 Å². The average molecular weight is 547 g/mol. The van der Waals surface area contributed by atoms with Crippen LogP contribution in [0.4, 0.5) is 5.69 Å². The maximum absolute atomic E-state index is 14.1.